The van der Waals surface area contributed by atoms with Crippen LogP contribution < -0.4 is 5.32 Å². The minimum atomic E-state index is -0.269. The molecular weight excluding hydrogens is 493 g/mol. The van der Waals surface area contributed by atoms with Crippen molar-refractivity contribution in [3.05, 3.63) is 81.8 Å². The average molecular weight is 510 g/mol. The Hall–Kier alpha value is -3.46. The molecule has 5 rings (SSSR count). The average Bonchev–Trinajstić information content (AvgIpc) is 3.51. The number of halogens is 2. The number of hydrogen-bond acceptors (Lipinski definition) is 6. The number of amides is 1. The number of aromatic nitrogens is 4. The van der Waals surface area contributed by atoms with E-state index >= 15 is 0 Å². The molecule has 0 saturated heterocycles. The molecule has 1 N–H and O–H groups in total. The number of carbonyl (C=O) groups is 1. The second kappa shape index (κ2) is 9.06. The minimum absolute atomic E-state index is 0.269. The molecule has 1 amide bonds. The molecule has 10 heteroatoms. The molecule has 170 valence electrons. The van der Waals surface area contributed by atoms with Gasteiger partial charge in [0.25, 0.3) is 0 Å². The molecule has 0 aliphatic heterocycles. The molecule has 0 saturated carbocycles. The van der Waals surface area contributed by atoms with Crippen LogP contribution in [0.1, 0.15) is 17.1 Å². The second-order valence-electron chi connectivity index (χ2n) is 7.56. The van der Waals surface area contributed by atoms with Crippen molar-refractivity contribution in [1.82, 2.24) is 19.8 Å². The maximum Gasteiger partial charge on any atom is 0.248 e. The lowest BCUT2D eigenvalue weighted by atomic mass is 10.1. The standard InChI is InChI=1S/C24H17Cl2N5O2S/c1-13-9-15(23-30-31-14(2)28-29-24(31)34-23)3-6-20(13)27-22(32)8-5-19-4-7-21(33-19)16-10-17(25)12-18(26)11-16/h3-12H,1-2H3,(H,27,32)/b8-5+. The van der Waals surface area contributed by atoms with Gasteiger partial charge in [-0.05, 0) is 74.0 Å². The third-order valence-corrected chi connectivity index (χ3v) is 6.44. The molecule has 3 heterocycles. The molecule has 0 atom stereocenters. The lowest BCUT2D eigenvalue weighted by molar-refractivity contribution is -0.111. The molecule has 2 aromatic carbocycles. The number of furan rings is 1. The van der Waals surface area contributed by atoms with E-state index < -0.39 is 0 Å². The van der Waals surface area contributed by atoms with Crippen LogP contribution in [0.2, 0.25) is 10.0 Å². The van der Waals surface area contributed by atoms with Gasteiger partial charge in [0.15, 0.2) is 5.82 Å². The molecular formula is C24H17Cl2N5O2S. The van der Waals surface area contributed by atoms with E-state index in [1.807, 2.05) is 32.0 Å². The van der Waals surface area contributed by atoms with Crippen LogP contribution in [0.3, 0.4) is 0 Å². The van der Waals surface area contributed by atoms with Crippen LogP contribution >= 0.6 is 34.5 Å². The number of rotatable bonds is 5. The highest BCUT2D eigenvalue weighted by Crippen LogP contribution is 2.30. The van der Waals surface area contributed by atoms with Crippen LogP contribution in [0.4, 0.5) is 5.69 Å². The Bertz CT molecular complexity index is 1550. The van der Waals surface area contributed by atoms with Gasteiger partial charge in [0.05, 0.1) is 0 Å². The molecule has 34 heavy (non-hydrogen) atoms. The summed E-state index contributed by atoms with van der Waals surface area (Å²) < 4.78 is 7.51. The van der Waals surface area contributed by atoms with Gasteiger partial charge in [-0.25, -0.2) is 0 Å². The van der Waals surface area contributed by atoms with Gasteiger partial charge >= 0.3 is 0 Å². The number of carbonyl (C=O) groups excluding carboxylic acids is 1. The van der Waals surface area contributed by atoms with Crippen LogP contribution in [0.25, 0.3) is 32.9 Å². The first-order valence-electron chi connectivity index (χ1n) is 10.2. The predicted octanol–water partition coefficient (Wildman–Crippen LogP) is 6.69. The molecule has 0 aliphatic rings. The van der Waals surface area contributed by atoms with E-state index in [4.69, 9.17) is 27.6 Å². The number of aryl methyl sites for hydroxylation is 2. The summed E-state index contributed by atoms with van der Waals surface area (Å²) in [5, 5.41) is 17.4. The van der Waals surface area contributed by atoms with Crippen molar-refractivity contribution in [2.75, 3.05) is 5.32 Å². The number of benzene rings is 2. The summed E-state index contributed by atoms with van der Waals surface area (Å²) in [5.74, 6) is 1.61. The Labute approximate surface area is 208 Å². The molecule has 5 aromatic rings. The molecule has 0 unspecified atom stereocenters. The van der Waals surface area contributed by atoms with Crippen molar-refractivity contribution in [3.8, 4) is 21.9 Å². The highest BCUT2D eigenvalue weighted by Gasteiger charge is 2.12. The van der Waals surface area contributed by atoms with Crippen LogP contribution in [-0.4, -0.2) is 25.7 Å². The highest BCUT2D eigenvalue weighted by molar-refractivity contribution is 7.19. The summed E-state index contributed by atoms with van der Waals surface area (Å²) >= 11 is 13.6. The summed E-state index contributed by atoms with van der Waals surface area (Å²) in [7, 11) is 0. The van der Waals surface area contributed by atoms with Gasteiger partial charge in [0.2, 0.25) is 10.9 Å². The van der Waals surface area contributed by atoms with E-state index in [2.05, 4.69) is 20.6 Å². The van der Waals surface area contributed by atoms with Crippen molar-refractivity contribution in [2.45, 2.75) is 13.8 Å². The molecule has 0 fully saturated rings. The second-order valence-corrected chi connectivity index (χ2v) is 9.39. The fraction of sp³-hybridized carbons (Fsp3) is 0.0833. The van der Waals surface area contributed by atoms with E-state index in [1.165, 1.54) is 17.4 Å². The van der Waals surface area contributed by atoms with E-state index in [0.29, 0.717) is 27.3 Å². The van der Waals surface area contributed by atoms with Crippen molar-refractivity contribution in [3.63, 3.8) is 0 Å². The Kier molecular flexibility index (Phi) is 5.95. The number of nitrogens with zero attached hydrogens (tertiary/aromatic N) is 4. The zero-order chi connectivity index (χ0) is 23.8. The van der Waals surface area contributed by atoms with Gasteiger partial charge < -0.3 is 9.73 Å². The number of fused-ring (bicyclic) bond motifs is 1. The maximum absolute atomic E-state index is 12.5. The highest BCUT2D eigenvalue weighted by atomic mass is 35.5. The normalized spacial score (nSPS) is 11.5. The van der Waals surface area contributed by atoms with E-state index in [1.54, 1.807) is 40.9 Å². The minimum Gasteiger partial charge on any atom is -0.457 e. The molecule has 0 aliphatic carbocycles. The first-order valence-corrected chi connectivity index (χ1v) is 11.8. The summed E-state index contributed by atoms with van der Waals surface area (Å²) in [6, 6.07) is 14.5. The van der Waals surface area contributed by atoms with Gasteiger partial charge in [-0.1, -0.05) is 34.5 Å². The Morgan fingerprint density at radius 1 is 1.03 bits per heavy atom. The summed E-state index contributed by atoms with van der Waals surface area (Å²) in [5.41, 5.74) is 3.34. The fourth-order valence-corrected chi connectivity index (χ4v) is 4.80. The molecule has 0 spiro atoms. The zero-order valence-corrected chi connectivity index (χ0v) is 20.4. The lowest BCUT2D eigenvalue weighted by Crippen LogP contribution is -2.08. The van der Waals surface area contributed by atoms with Crippen LogP contribution in [0, 0.1) is 13.8 Å². The predicted molar refractivity (Wildman–Crippen MR) is 135 cm³/mol. The topological polar surface area (TPSA) is 85.3 Å². The number of hydrogen-bond donors (Lipinski definition) is 1. The Morgan fingerprint density at radius 3 is 2.56 bits per heavy atom. The van der Waals surface area contributed by atoms with Gasteiger partial charge in [-0.15, -0.1) is 10.2 Å². The van der Waals surface area contributed by atoms with Crippen molar-refractivity contribution >= 4 is 57.2 Å². The quantitative estimate of drug-likeness (QED) is 0.266. The third kappa shape index (κ3) is 4.61. The van der Waals surface area contributed by atoms with Gasteiger partial charge in [0.1, 0.15) is 16.5 Å². The van der Waals surface area contributed by atoms with Gasteiger partial charge in [-0.2, -0.15) is 9.61 Å². The Balaban J connectivity index is 1.27. The van der Waals surface area contributed by atoms with Gasteiger partial charge in [-0.3, -0.25) is 4.79 Å². The summed E-state index contributed by atoms with van der Waals surface area (Å²) in [6.45, 7) is 3.79. The van der Waals surface area contributed by atoms with E-state index in [0.717, 1.165) is 32.5 Å². The first-order chi connectivity index (χ1) is 16.4. The monoisotopic (exact) mass is 509 g/mol. The van der Waals surface area contributed by atoms with Crippen molar-refractivity contribution in [2.24, 2.45) is 0 Å². The largest absolute Gasteiger partial charge is 0.457 e. The summed E-state index contributed by atoms with van der Waals surface area (Å²) in [4.78, 5) is 13.2. The van der Waals surface area contributed by atoms with Crippen molar-refractivity contribution < 1.29 is 9.21 Å². The fourth-order valence-electron chi connectivity index (χ4n) is 3.39. The first kappa shape index (κ1) is 22.3. The van der Waals surface area contributed by atoms with E-state index in [9.17, 15) is 4.79 Å². The smallest absolute Gasteiger partial charge is 0.248 e. The Morgan fingerprint density at radius 2 is 1.82 bits per heavy atom. The third-order valence-electron chi connectivity index (χ3n) is 5.05. The van der Waals surface area contributed by atoms with E-state index in [-0.39, 0.29) is 5.91 Å². The lowest BCUT2D eigenvalue weighted by Gasteiger charge is -2.07. The zero-order valence-electron chi connectivity index (χ0n) is 18.0. The molecule has 3 aromatic heterocycles. The van der Waals surface area contributed by atoms with Crippen LogP contribution in [0.5, 0.6) is 0 Å². The van der Waals surface area contributed by atoms with Crippen LogP contribution in [0.15, 0.2) is 59.0 Å². The van der Waals surface area contributed by atoms with Gasteiger partial charge in [0, 0.05) is 32.9 Å². The molecule has 0 bridgehead atoms. The summed E-state index contributed by atoms with van der Waals surface area (Å²) in [6.07, 6.45) is 3.03. The number of anilines is 1. The molecule has 0 radical (unpaired) electrons. The molecule has 7 nitrogen and oxygen atoms in total. The van der Waals surface area contributed by atoms with Crippen molar-refractivity contribution in [1.29, 1.82) is 0 Å². The SMILES string of the molecule is Cc1cc(-c2nn3c(C)nnc3s2)ccc1NC(=O)/C=C/c1ccc(-c2cc(Cl)cc(Cl)c2)o1. The number of nitrogens with one attached hydrogen (secondary N) is 1. The van der Waals surface area contributed by atoms with Crippen LogP contribution in [-0.2, 0) is 4.79 Å². The maximum atomic E-state index is 12.5.